The van der Waals surface area contributed by atoms with Gasteiger partial charge in [0.25, 0.3) is 0 Å². The molecule has 1 aromatic heterocycles. The highest BCUT2D eigenvalue weighted by atomic mass is 14.8. The zero-order valence-corrected chi connectivity index (χ0v) is 10.3. The summed E-state index contributed by atoms with van der Waals surface area (Å²) in [5.41, 5.74) is 3.69. The van der Waals surface area contributed by atoms with Crippen molar-refractivity contribution in [2.24, 2.45) is 10.4 Å². The van der Waals surface area contributed by atoms with Crippen LogP contribution >= 0.6 is 0 Å². The molecule has 0 saturated heterocycles. The lowest BCUT2D eigenvalue weighted by Gasteiger charge is -2.21. The number of nitrogens with zero attached hydrogens (tertiary/aromatic N) is 2. The molecule has 0 unspecified atom stereocenters. The van der Waals surface area contributed by atoms with E-state index in [0.717, 1.165) is 24.0 Å². The van der Waals surface area contributed by atoms with Crippen molar-refractivity contribution in [2.75, 3.05) is 0 Å². The third-order valence-electron chi connectivity index (χ3n) is 3.36. The Morgan fingerprint density at radius 3 is 2.94 bits per heavy atom. The molecule has 2 nitrogen and oxygen atoms in total. The molecule has 0 bridgehead atoms. The van der Waals surface area contributed by atoms with E-state index in [0.29, 0.717) is 0 Å². The topological polar surface area (TPSA) is 25.2 Å². The van der Waals surface area contributed by atoms with E-state index in [9.17, 15) is 0 Å². The van der Waals surface area contributed by atoms with Crippen LogP contribution in [0, 0.1) is 5.41 Å². The van der Waals surface area contributed by atoms with Gasteiger partial charge in [-0.3, -0.25) is 9.98 Å². The van der Waals surface area contributed by atoms with E-state index in [4.69, 9.17) is 0 Å². The second kappa shape index (κ2) is 3.66. The third kappa shape index (κ3) is 1.84. The number of aromatic nitrogens is 1. The fraction of sp³-hybridized carbons (Fsp3) is 0.333. The Morgan fingerprint density at radius 2 is 2.06 bits per heavy atom. The number of fused-ring (bicyclic) bond motifs is 3. The van der Waals surface area contributed by atoms with E-state index >= 15 is 0 Å². The largest absolute Gasteiger partial charge is 0.259 e. The SMILES string of the molecule is CC1(C)CC=Nc2c(ccc3cccnc23)C1. The molecule has 0 atom stereocenters. The highest BCUT2D eigenvalue weighted by Gasteiger charge is 2.22. The number of aliphatic imine (C=N–C) groups is 1. The Kier molecular flexibility index (Phi) is 2.25. The maximum absolute atomic E-state index is 4.62. The minimum Gasteiger partial charge on any atom is -0.259 e. The zero-order chi connectivity index (χ0) is 11.9. The molecule has 2 heteroatoms. The van der Waals surface area contributed by atoms with Gasteiger partial charge in [0.05, 0.1) is 11.2 Å². The maximum Gasteiger partial charge on any atom is 0.0961 e. The Hall–Kier alpha value is -1.70. The van der Waals surface area contributed by atoms with Gasteiger partial charge >= 0.3 is 0 Å². The highest BCUT2D eigenvalue weighted by molar-refractivity contribution is 5.92. The lowest BCUT2D eigenvalue weighted by atomic mass is 9.83. The number of benzene rings is 1. The van der Waals surface area contributed by atoms with E-state index in [2.05, 4.69) is 42.0 Å². The monoisotopic (exact) mass is 224 g/mol. The van der Waals surface area contributed by atoms with E-state index in [1.807, 2.05) is 18.5 Å². The van der Waals surface area contributed by atoms with Crippen LogP contribution in [0.15, 0.2) is 35.5 Å². The van der Waals surface area contributed by atoms with Crippen molar-refractivity contribution in [1.29, 1.82) is 0 Å². The molecule has 2 aromatic rings. The number of rotatable bonds is 0. The molecule has 2 heterocycles. The normalized spacial score (nSPS) is 17.8. The Morgan fingerprint density at radius 1 is 1.18 bits per heavy atom. The standard InChI is InChI=1S/C15H16N2/c1-15(2)7-9-17-14-12(10-15)6-5-11-4-3-8-16-13(11)14/h3-6,8-9H,7,10H2,1-2H3. The molecular weight excluding hydrogens is 208 g/mol. The Bertz CT molecular complexity index is 597. The van der Waals surface area contributed by atoms with Gasteiger partial charge in [0, 0.05) is 17.8 Å². The molecule has 0 spiro atoms. The Labute approximate surface area is 101 Å². The molecule has 1 aromatic carbocycles. The summed E-state index contributed by atoms with van der Waals surface area (Å²) in [5, 5.41) is 1.17. The minimum absolute atomic E-state index is 0.289. The third-order valence-corrected chi connectivity index (χ3v) is 3.36. The van der Waals surface area contributed by atoms with Gasteiger partial charge in [-0.2, -0.15) is 0 Å². The molecule has 17 heavy (non-hydrogen) atoms. The summed E-state index contributed by atoms with van der Waals surface area (Å²) < 4.78 is 0. The first-order chi connectivity index (χ1) is 8.16. The van der Waals surface area contributed by atoms with Crippen LogP contribution in [-0.2, 0) is 6.42 Å². The number of hydrogen-bond donors (Lipinski definition) is 0. The summed E-state index contributed by atoms with van der Waals surface area (Å²) in [6, 6.07) is 8.41. The summed E-state index contributed by atoms with van der Waals surface area (Å²) in [4.78, 5) is 9.09. The minimum atomic E-state index is 0.289. The summed E-state index contributed by atoms with van der Waals surface area (Å²) in [6.07, 6.45) is 5.97. The molecule has 1 aliphatic rings. The molecule has 3 rings (SSSR count). The van der Waals surface area contributed by atoms with Gasteiger partial charge in [-0.25, -0.2) is 0 Å². The van der Waals surface area contributed by atoms with Gasteiger partial charge in [-0.05, 0) is 29.9 Å². The van der Waals surface area contributed by atoms with E-state index in [1.165, 1.54) is 10.9 Å². The highest BCUT2D eigenvalue weighted by Crippen LogP contribution is 2.36. The Balaban J connectivity index is 2.27. The molecule has 0 N–H and O–H groups in total. The molecule has 0 radical (unpaired) electrons. The van der Waals surface area contributed by atoms with Crippen LogP contribution in [0.5, 0.6) is 0 Å². The van der Waals surface area contributed by atoms with Crippen molar-refractivity contribution in [3.8, 4) is 0 Å². The molecule has 0 saturated carbocycles. The molecular formula is C15H16N2. The summed E-state index contributed by atoms with van der Waals surface area (Å²) in [7, 11) is 0. The molecule has 0 amide bonds. The lowest BCUT2D eigenvalue weighted by molar-refractivity contribution is 0.386. The van der Waals surface area contributed by atoms with Crippen LogP contribution in [0.2, 0.25) is 0 Å². The zero-order valence-electron chi connectivity index (χ0n) is 10.3. The van der Waals surface area contributed by atoms with Crippen molar-refractivity contribution in [3.05, 3.63) is 36.0 Å². The predicted molar refractivity (Wildman–Crippen MR) is 72.0 cm³/mol. The first-order valence-corrected chi connectivity index (χ1v) is 6.05. The fourth-order valence-electron chi connectivity index (χ4n) is 2.43. The van der Waals surface area contributed by atoms with Gasteiger partial charge < -0.3 is 0 Å². The van der Waals surface area contributed by atoms with Crippen LogP contribution in [0.25, 0.3) is 10.9 Å². The van der Waals surface area contributed by atoms with Crippen molar-refractivity contribution in [1.82, 2.24) is 4.98 Å². The van der Waals surface area contributed by atoms with E-state index in [-0.39, 0.29) is 5.41 Å². The van der Waals surface area contributed by atoms with Gasteiger partial charge in [-0.1, -0.05) is 32.0 Å². The molecule has 1 aliphatic heterocycles. The summed E-state index contributed by atoms with van der Waals surface area (Å²) >= 11 is 0. The van der Waals surface area contributed by atoms with Gasteiger partial charge in [0.15, 0.2) is 0 Å². The second-order valence-electron chi connectivity index (χ2n) is 5.51. The molecule has 86 valence electrons. The predicted octanol–water partition coefficient (Wildman–Crippen LogP) is 3.91. The molecule has 0 aliphatic carbocycles. The lowest BCUT2D eigenvalue weighted by Crippen LogP contribution is -2.14. The number of hydrogen-bond acceptors (Lipinski definition) is 2. The number of pyridine rings is 1. The summed E-state index contributed by atoms with van der Waals surface area (Å²) in [6.45, 7) is 4.58. The van der Waals surface area contributed by atoms with Gasteiger partial charge in [0.2, 0.25) is 0 Å². The van der Waals surface area contributed by atoms with Crippen molar-refractivity contribution < 1.29 is 0 Å². The fourth-order valence-corrected chi connectivity index (χ4v) is 2.43. The maximum atomic E-state index is 4.62. The van der Waals surface area contributed by atoms with Crippen molar-refractivity contribution in [2.45, 2.75) is 26.7 Å². The van der Waals surface area contributed by atoms with Crippen LogP contribution in [0.1, 0.15) is 25.8 Å². The van der Waals surface area contributed by atoms with Gasteiger partial charge in [0.1, 0.15) is 0 Å². The van der Waals surface area contributed by atoms with E-state index in [1.54, 1.807) is 0 Å². The second-order valence-corrected chi connectivity index (χ2v) is 5.51. The first-order valence-electron chi connectivity index (χ1n) is 6.05. The summed E-state index contributed by atoms with van der Waals surface area (Å²) in [5.74, 6) is 0. The van der Waals surface area contributed by atoms with Crippen LogP contribution < -0.4 is 0 Å². The van der Waals surface area contributed by atoms with E-state index < -0.39 is 0 Å². The first kappa shape index (κ1) is 10.5. The van der Waals surface area contributed by atoms with Crippen LogP contribution in [0.3, 0.4) is 0 Å². The van der Waals surface area contributed by atoms with Crippen LogP contribution in [-0.4, -0.2) is 11.2 Å². The molecule has 0 fully saturated rings. The van der Waals surface area contributed by atoms with Crippen molar-refractivity contribution >= 4 is 22.8 Å². The quantitative estimate of drug-likeness (QED) is 0.666. The van der Waals surface area contributed by atoms with Crippen molar-refractivity contribution in [3.63, 3.8) is 0 Å². The average Bonchev–Trinajstić information content (AvgIpc) is 2.46. The smallest absolute Gasteiger partial charge is 0.0961 e. The van der Waals surface area contributed by atoms with Gasteiger partial charge in [-0.15, -0.1) is 0 Å². The van der Waals surface area contributed by atoms with Crippen LogP contribution in [0.4, 0.5) is 5.69 Å². The average molecular weight is 224 g/mol.